The van der Waals surface area contributed by atoms with Crippen LogP contribution >= 0.6 is 0 Å². The summed E-state index contributed by atoms with van der Waals surface area (Å²) < 4.78 is 5.28. The second-order valence-corrected chi connectivity index (χ2v) is 4.97. The maximum Gasteiger partial charge on any atom is 0.292 e. The van der Waals surface area contributed by atoms with E-state index >= 15 is 0 Å². The number of anilines is 2. The highest BCUT2D eigenvalue weighted by atomic mass is 16.6. The molecule has 2 aromatic rings. The van der Waals surface area contributed by atoms with Crippen LogP contribution in [-0.2, 0) is 4.79 Å². The van der Waals surface area contributed by atoms with Crippen LogP contribution in [0.15, 0.2) is 42.5 Å². The minimum absolute atomic E-state index is 0.0221. The highest BCUT2D eigenvalue weighted by molar-refractivity contribution is 6.05. The number of ether oxygens (including phenoxy) is 1. The molecule has 2 amide bonds. The van der Waals surface area contributed by atoms with Gasteiger partial charge in [-0.05, 0) is 24.3 Å². The lowest BCUT2D eigenvalue weighted by atomic mass is 10.1. The lowest BCUT2D eigenvalue weighted by Crippen LogP contribution is -2.24. The van der Waals surface area contributed by atoms with Crippen molar-refractivity contribution in [2.24, 2.45) is 0 Å². The van der Waals surface area contributed by atoms with Crippen LogP contribution in [0.25, 0.3) is 0 Å². The summed E-state index contributed by atoms with van der Waals surface area (Å²) in [5.74, 6) is -0.431. The Morgan fingerprint density at radius 1 is 1.24 bits per heavy atom. The number of hydrogen-bond acceptors (Lipinski definition) is 6. The van der Waals surface area contributed by atoms with E-state index in [-0.39, 0.29) is 29.5 Å². The molecule has 25 heavy (non-hydrogen) atoms. The normalized spacial score (nSPS) is 9.96. The molecule has 0 fully saturated rings. The van der Waals surface area contributed by atoms with E-state index in [1.165, 1.54) is 25.2 Å². The second kappa shape index (κ2) is 7.77. The number of likely N-dealkylation sites (N-methyl/N-ethyl adjacent to an activating group) is 1. The summed E-state index contributed by atoms with van der Waals surface area (Å²) in [4.78, 5) is 33.7. The van der Waals surface area contributed by atoms with Crippen LogP contribution in [-0.4, -0.2) is 30.4 Å². The zero-order valence-electron chi connectivity index (χ0n) is 13.3. The van der Waals surface area contributed by atoms with Gasteiger partial charge in [-0.25, -0.2) is 0 Å². The average Bonchev–Trinajstić information content (AvgIpc) is 2.60. The van der Waals surface area contributed by atoms with Crippen LogP contribution in [0.4, 0.5) is 17.1 Å². The van der Waals surface area contributed by atoms with Crippen molar-refractivity contribution in [3.63, 3.8) is 0 Å². The van der Waals surface area contributed by atoms with Gasteiger partial charge in [-0.1, -0.05) is 6.07 Å². The molecule has 0 aliphatic rings. The summed E-state index contributed by atoms with van der Waals surface area (Å²) in [5.41, 5.74) is 5.66. The molecule has 0 unspecified atom stereocenters. The summed E-state index contributed by atoms with van der Waals surface area (Å²) in [6.45, 7) is -0.155. The van der Waals surface area contributed by atoms with Gasteiger partial charge in [0.15, 0.2) is 6.61 Å². The summed E-state index contributed by atoms with van der Waals surface area (Å²) >= 11 is 0. The Bertz CT molecular complexity index is 822. The first kappa shape index (κ1) is 17.7. The summed E-state index contributed by atoms with van der Waals surface area (Å²) in [6.07, 6.45) is 0. The molecule has 0 bridgehead atoms. The number of hydrogen-bond donors (Lipinski definition) is 3. The molecule has 0 saturated heterocycles. The summed E-state index contributed by atoms with van der Waals surface area (Å²) in [6, 6.07) is 10.2. The number of nitrogens with one attached hydrogen (secondary N) is 2. The second-order valence-electron chi connectivity index (χ2n) is 4.97. The van der Waals surface area contributed by atoms with Crippen LogP contribution in [0.5, 0.6) is 5.75 Å². The van der Waals surface area contributed by atoms with Crippen LogP contribution < -0.4 is 21.1 Å². The van der Waals surface area contributed by atoms with Crippen molar-refractivity contribution in [2.45, 2.75) is 0 Å². The summed E-state index contributed by atoms with van der Waals surface area (Å²) in [5, 5.41) is 15.9. The molecule has 2 rings (SSSR count). The fourth-order valence-corrected chi connectivity index (χ4v) is 1.93. The van der Waals surface area contributed by atoms with E-state index in [1.807, 2.05) is 0 Å². The fraction of sp³-hybridized carbons (Fsp3) is 0.125. The quantitative estimate of drug-likeness (QED) is 0.413. The van der Waals surface area contributed by atoms with Crippen LogP contribution in [0, 0.1) is 10.1 Å². The molecule has 0 spiro atoms. The van der Waals surface area contributed by atoms with E-state index in [9.17, 15) is 19.7 Å². The lowest BCUT2D eigenvalue weighted by Gasteiger charge is -2.09. The maximum absolute atomic E-state index is 12.2. The fourth-order valence-electron chi connectivity index (χ4n) is 1.93. The monoisotopic (exact) mass is 344 g/mol. The van der Waals surface area contributed by atoms with Gasteiger partial charge >= 0.3 is 0 Å². The van der Waals surface area contributed by atoms with Gasteiger partial charge in [0, 0.05) is 30.4 Å². The van der Waals surface area contributed by atoms with E-state index in [1.54, 1.807) is 18.2 Å². The maximum atomic E-state index is 12.2. The van der Waals surface area contributed by atoms with E-state index in [0.717, 1.165) is 6.07 Å². The minimum atomic E-state index is -0.653. The predicted molar refractivity (Wildman–Crippen MR) is 91.5 cm³/mol. The molecule has 0 radical (unpaired) electrons. The standard InChI is InChI=1S/C16H16N4O5/c1-18-15(21)9-25-12-4-2-3-11(8-12)19-16(22)10-5-6-13(17)14(7-10)20(23)24/h2-8H,9,17H2,1H3,(H,18,21)(H,19,22). The Morgan fingerprint density at radius 2 is 2.00 bits per heavy atom. The van der Waals surface area contributed by atoms with Crippen molar-refractivity contribution in [3.8, 4) is 5.75 Å². The number of nitrogens with zero attached hydrogens (tertiary/aromatic N) is 1. The van der Waals surface area contributed by atoms with Gasteiger partial charge in [0.2, 0.25) is 0 Å². The topological polar surface area (TPSA) is 137 Å². The molecule has 0 atom stereocenters. The molecule has 0 heterocycles. The van der Waals surface area contributed by atoms with Gasteiger partial charge in [0.1, 0.15) is 11.4 Å². The molecule has 2 aromatic carbocycles. The van der Waals surface area contributed by atoms with E-state index in [2.05, 4.69) is 10.6 Å². The van der Waals surface area contributed by atoms with Crippen molar-refractivity contribution in [1.82, 2.24) is 5.32 Å². The third-order valence-corrected chi connectivity index (χ3v) is 3.23. The number of nitrogens with two attached hydrogens (primary N) is 1. The highest BCUT2D eigenvalue weighted by Crippen LogP contribution is 2.23. The van der Waals surface area contributed by atoms with Crippen LogP contribution in [0.1, 0.15) is 10.4 Å². The molecule has 130 valence electrons. The Labute approximate surface area is 142 Å². The summed E-state index contributed by atoms with van der Waals surface area (Å²) in [7, 11) is 1.49. The zero-order chi connectivity index (χ0) is 18.4. The number of benzene rings is 2. The first-order valence-corrected chi connectivity index (χ1v) is 7.19. The molecule has 0 aromatic heterocycles. The predicted octanol–water partition coefficient (Wildman–Crippen LogP) is 1.55. The van der Waals surface area contributed by atoms with Crippen LogP contribution in [0.2, 0.25) is 0 Å². The van der Waals surface area contributed by atoms with Gasteiger partial charge in [0.05, 0.1) is 4.92 Å². The molecular formula is C16H16N4O5. The van der Waals surface area contributed by atoms with E-state index in [0.29, 0.717) is 11.4 Å². The molecule has 0 aliphatic carbocycles. The number of carbonyl (C=O) groups is 2. The Hall–Kier alpha value is -3.62. The largest absolute Gasteiger partial charge is 0.484 e. The van der Waals surface area contributed by atoms with Gasteiger partial charge in [-0.2, -0.15) is 0 Å². The number of rotatable bonds is 6. The number of nitro groups is 1. The van der Waals surface area contributed by atoms with Crippen molar-refractivity contribution in [1.29, 1.82) is 0 Å². The van der Waals surface area contributed by atoms with Gasteiger partial charge in [-0.15, -0.1) is 0 Å². The number of nitrogen functional groups attached to an aromatic ring is 1. The van der Waals surface area contributed by atoms with Crippen LogP contribution in [0.3, 0.4) is 0 Å². The average molecular weight is 344 g/mol. The number of amides is 2. The highest BCUT2D eigenvalue weighted by Gasteiger charge is 2.16. The number of carbonyl (C=O) groups excluding carboxylic acids is 2. The third-order valence-electron chi connectivity index (χ3n) is 3.23. The van der Waals surface area contributed by atoms with Crippen molar-refractivity contribution in [2.75, 3.05) is 24.7 Å². The first-order chi connectivity index (χ1) is 11.9. The first-order valence-electron chi connectivity index (χ1n) is 7.19. The van der Waals surface area contributed by atoms with Gasteiger partial charge in [0.25, 0.3) is 17.5 Å². The minimum Gasteiger partial charge on any atom is -0.484 e. The SMILES string of the molecule is CNC(=O)COc1cccc(NC(=O)c2ccc(N)c([N+](=O)[O-])c2)c1. The Kier molecular flexibility index (Phi) is 5.51. The van der Waals surface area contributed by atoms with Crippen molar-refractivity contribution >= 4 is 28.9 Å². The molecule has 4 N–H and O–H groups in total. The molecule has 0 saturated carbocycles. The molecule has 9 nitrogen and oxygen atoms in total. The molecule has 0 aliphatic heterocycles. The molecular weight excluding hydrogens is 328 g/mol. The molecule has 9 heteroatoms. The Morgan fingerprint density at radius 3 is 2.68 bits per heavy atom. The number of nitro benzene ring substituents is 1. The third kappa shape index (κ3) is 4.67. The Balaban J connectivity index is 2.11. The van der Waals surface area contributed by atoms with Crippen molar-refractivity contribution in [3.05, 3.63) is 58.1 Å². The smallest absolute Gasteiger partial charge is 0.292 e. The van der Waals surface area contributed by atoms with Gasteiger partial charge < -0.3 is 21.1 Å². The lowest BCUT2D eigenvalue weighted by molar-refractivity contribution is -0.383. The van der Waals surface area contributed by atoms with Gasteiger partial charge in [-0.3, -0.25) is 19.7 Å². The van der Waals surface area contributed by atoms with E-state index < -0.39 is 10.8 Å². The van der Waals surface area contributed by atoms with E-state index in [4.69, 9.17) is 10.5 Å². The van der Waals surface area contributed by atoms with Crippen molar-refractivity contribution < 1.29 is 19.2 Å². The zero-order valence-corrected chi connectivity index (χ0v) is 13.3.